The molecule has 1 aromatic heterocycles. The zero-order valence-corrected chi connectivity index (χ0v) is 11.2. The van der Waals surface area contributed by atoms with Gasteiger partial charge in [0.15, 0.2) is 0 Å². The number of aromatic nitrogens is 1. The maximum Gasteiger partial charge on any atom is 0.323 e. The first kappa shape index (κ1) is 14.4. The van der Waals surface area contributed by atoms with E-state index in [1.807, 2.05) is 0 Å². The molecule has 2 rings (SSSR count). The highest BCUT2D eigenvalue weighted by atomic mass is 35.5. The molecule has 7 heteroatoms. The van der Waals surface area contributed by atoms with Gasteiger partial charge < -0.3 is 20.5 Å². The van der Waals surface area contributed by atoms with Crippen molar-refractivity contribution in [1.29, 1.82) is 0 Å². The van der Waals surface area contributed by atoms with E-state index in [-0.39, 0.29) is 13.0 Å². The number of halogens is 1. The lowest BCUT2D eigenvalue weighted by atomic mass is 10.1. The average Bonchev–Trinajstić information content (AvgIpc) is 2.66. The summed E-state index contributed by atoms with van der Waals surface area (Å²) in [6, 6.07) is 4.00. The lowest BCUT2D eigenvalue weighted by Crippen LogP contribution is -2.32. The molecule has 0 aliphatic rings. The number of carboxylic acids is 2. The Kier molecular flexibility index (Phi) is 3.96. The van der Waals surface area contributed by atoms with E-state index in [1.165, 1.54) is 4.57 Å². The Labute approximate surface area is 119 Å². The molecule has 0 radical (unpaired) electrons. The van der Waals surface area contributed by atoms with Crippen LogP contribution in [-0.4, -0.2) is 32.8 Å². The first-order valence-corrected chi connectivity index (χ1v) is 6.23. The Morgan fingerprint density at radius 1 is 1.35 bits per heavy atom. The first-order valence-electron chi connectivity index (χ1n) is 5.86. The zero-order valence-electron chi connectivity index (χ0n) is 10.4. The predicted molar refractivity (Wildman–Crippen MR) is 73.9 cm³/mol. The molecule has 0 saturated carbocycles. The van der Waals surface area contributed by atoms with Crippen LogP contribution in [0.3, 0.4) is 0 Å². The fraction of sp³-hybridized carbons (Fsp3) is 0.231. The summed E-state index contributed by atoms with van der Waals surface area (Å²) in [6.07, 6.45) is 1.72. The van der Waals surface area contributed by atoms with Crippen LogP contribution in [0.2, 0.25) is 5.02 Å². The van der Waals surface area contributed by atoms with E-state index in [2.05, 4.69) is 0 Å². The van der Waals surface area contributed by atoms with Crippen molar-refractivity contribution in [2.24, 2.45) is 5.73 Å². The molecule has 1 aromatic carbocycles. The van der Waals surface area contributed by atoms with Crippen LogP contribution in [0.5, 0.6) is 0 Å². The third-order valence-electron chi connectivity index (χ3n) is 2.99. The highest BCUT2D eigenvalue weighted by Gasteiger charge is 2.17. The molecule has 0 bridgehead atoms. The van der Waals surface area contributed by atoms with E-state index in [9.17, 15) is 9.59 Å². The van der Waals surface area contributed by atoms with E-state index in [0.717, 1.165) is 5.39 Å². The highest BCUT2D eigenvalue weighted by Crippen LogP contribution is 2.26. The molecule has 0 aliphatic heterocycles. The number of rotatable bonds is 5. The molecule has 0 aliphatic carbocycles. The Morgan fingerprint density at radius 2 is 2.05 bits per heavy atom. The molecule has 0 spiro atoms. The summed E-state index contributed by atoms with van der Waals surface area (Å²) >= 11 is 5.93. The van der Waals surface area contributed by atoms with Gasteiger partial charge in [-0.15, -0.1) is 0 Å². The van der Waals surface area contributed by atoms with E-state index in [4.69, 9.17) is 27.5 Å². The topological polar surface area (TPSA) is 106 Å². The van der Waals surface area contributed by atoms with Crippen LogP contribution in [-0.2, 0) is 22.6 Å². The molecule has 2 aromatic rings. The summed E-state index contributed by atoms with van der Waals surface area (Å²) in [4.78, 5) is 21.7. The Hall–Kier alpha value is -2.05. The largest absolute Gasteiger partial charge is 0.480 e. The molecule has 1 heterocycles. The summed E-state index contributed by atoms with van der Waals surface area (Å²) < 4.78 is 1.54. The van der Waals surface area contributed by atoms with E-state index in [1.54, 1.807) is 24.4 Å². The van der Waals surface area contributed by atoms with Crippen molar-refractivity contribution in [3.05, 3.63) is 35.0 Å². The maximum absolute atomic E-state index is 10.9. The van der Waals surface area contributed by atoms with Gasteiger partial charge in [-0.3, -0.25) is 9.59 Å². The van der Waals surface area contributed by atoms with Gasteiger partial charge in [0.25, 0.3) is 0 Å². The van der Waals surface area contributed by atoms with Gasteiger partial charge in [0, 0.05) is 28.5 Å². The molecule has 0 saturated heterocycles. The number of hydrogen-bond donors (Lipinski definition) is 3. The fourth-order valence-corrected chi connectivity index (χ4v) is 2.28. The minimum atomic E-state index is -1.11. The van der Waals surface area contributed by atoms with E-state index in [0.29, 0.717) is 16.1 Å². The van der Waals surface area contributed by atoms with Crippen LogP contribution in [0.25, 0.3) is 10.9 Å². The molecule has 0 fully saturated rings. The molecule has 6 nitrogen and oxygen atoms in total. The summed E-state index contributed by atoms with van der Waals surface area (Å²) in [5.74, 6) is -2.09. The lowest BCUT2D eigenvalue weighted by molar-refractivity contribution is -0.139. The summed E-state index contributed by atoms with van der Waals surface area (Å²) in [5.41, 5.74) is 6.88. The minimum absolute atomic E-state index is 0.110. The number of nitrogens with zero attached hydrogens (tertiary/aromatic N) is 1. The number of carboxylic acid groups (broad SMARTS) is 2. The molecular weight excluding hydrogens is 284 g/mol. The van der Waals surface area contributed by atoms with Crippen LogP contribution in [0, 0.1) is 0 Å². The van der Waals surface area contributed by atoms with E-state index >= 15 is 0 Å². The monoisotopic (exact) mass is 296 g/mol. The van der Waals surface area contributed by atoms with Gasteiger partial charge in [-0.1, -0.05) is 11.6 Å². The van der Waals surface area contributed by atoms with Crippen molar-refractivity contribution >= 4 is 34.4 Å². The lowest BCUT2D eigenvalue weighted by Gasteiger charge is -2.04. The van der Waals surface area contributed by atoms with Crippen molar-refractivity contribution in [3.63, 3.8) is 0 Å². The number of aliphatic carboxylic acids is 2. The normalized spacial score (nSPS) is 12.5. The number of nitrogens with two attached hydrogens (primary N) is 1. The Balaban J connectivity index is 2.50. The number of benzene rings is 1. The molecule has 0 amide bonds. The third kappa shape index (κ3) is 2.92. The maximum atomic E-state index is 10.9. The van der Waals surface area contributed by atoms with Crippen LogP contribution in [0.1, 0.15) is 5.56 Å². The molecular formula is C13H13ClN2O4. The number of carbonyl (C=O) groups is 2. The van der Waals surface area contributed by atoms with Crippen LogP contribution >= 0.6 is 11.6 Å². The standard InChI is InChI=1S/C13H13ClN2O4/c14-8-1-2-11-9(4-8)7(3-10(15)13(19)20)5-16(11)6-12(17)18/h1-2,4-5,10H,3,6,15H2,(H,17,18)(H,19,20)/t10-/m0/s1. The van der Waals surface area contributed by atoms with Gasteiger partial charge in [-0.2, -0.15) is 0 Å². The average molecular weight is 297 g/mol. The number of hydrogen-bond acceptors (Lipinski definition) is 3. The zero-order chi connectivity index (χ0) is 14.9. The summed E-state index contributed by atoms with van der Waals surface area (Å²) in [7, 11) is 0. The van der Waals surface area contributed by atoms with E-state index < -0.39 is 18.0 Å². The quantitative estimate of drug-likeness (QED) is 0.772. The van der Waals surface area contributed by atoms with Crippen molar-refractivity contribution in [2.45, 2.75) is 19.0 Å². The van der Waals surface area contributed by atoms with Crippen molar-refractivity contribution < 1.29 is 19.8 Å². The Bertz CT molecular complexity index is 680. The second kappa shape index (κ2) is 5.52. The molecule has 0 unspecified atom stereocenters. The number of fused-ring (bicyclic) bond motifs is 1. The molecule has 4 N–H and O–H groups in total. The van der Waals surface area contributed by atoms with Crippen LogP contribution in [0.15, 0.2) is 24.4 Å². The summed E-state index contributed by atoms with van der Waals surface area (Å²) in [6.45, 7) is -0.208. The van der Waals surface area contributed by atoms with Crippen LogP contribution in [0.4, 0.5) is 0 Å². The smallest absolute Gasteiger partial charge is 0.323 e. The fourth-order valence-electron chi connectivity index (χ4n) is 2.11. The molecule has 1 atom stereocenters. The van der Waals surface area contributed by atoms with Gasteiger partial charge in [0.05, 0.1) is 0 Å². The first-order chi connectivity index (χ1) is 9.38. The van der Waals surface area contributed by atoms with Gasteiger partial charge in [-0.05, 0) is 23.8 Å². The van der Waals surface area contributed by atoms with Gasteiger partial charge >= 0.3 is 11.9 Å². The summed E-state index contributed by atoms with van der Waals surface area (Å²) in [5, 5.41) is 19.0. The van der Waals surface area contributed by atoms with Crippen LogP contribution < -0.4 is 5.73 Å². The molecule has 20 heavy (non-hydrogen) atoms. The second-order valence-electron chi connectivity index (χ2n) is 4.49. The SMILES string of the molecule is N[C@@H](Cc1cn(CC(=O)O)c2ccc(Cl)cc12)C(=O)O. The van der Waals surface area contributed by atoms with Gasteiger partial charge in [0.2, 0.25) is 0 Å². The van der Waals surface area contributed by atoms with Crippen molar-refractivity contribution in [3.8, 4) is 0 Å². The van der Waals surface area contributed by atoms with Gasteiger partial charge in [0.1, 0.15) is 12.6 Å². The van der Waals surface area contributed by atoms with Gasteiger partial charge in [-0.25, -0.2) is 0 Å². The minimum Gasteiger partial charge on any atom is -0.480 e. The Morgan fingerprint density at radius 3 is 2.65 bits per heavy atom. The second-order valence-corrected chi connectivity index (χ2v) is 4.92. The molecule has 106 valence electrons. The predicted octanol–water partition coefficient (Wildman–Crippen LogP) is 1.33. The third-order valence-corrected chi connectivity index (χ3v) is 3.22. The van der Waals surface area contributed by atoms with Crippen molar-refractivity contribution in [2.75, 3.05) is 0 Å². The van der Waals surface area contributed by atoms with Crippen molar-refractivity contribution in [1.82, 2.24) is 4.57 Å². The highest BCUT2D eigenvalue weighted by molar-refractivity contribution is 6.31.